The molecular formula is C11H16BrF3N2O. The van der Waals surface area contributed by atoms with Crippen molar-refractivity contribution in [3.63, 3.8) is 0 Å². The SMILES string of the molecule is CC(C)COCc1nn(CCC(F)(F)F)cc1Br. The van der Waals surface area contributed by atoms with Gasteiger partial charge in [-0.15, -0.1) is 0 Å². The molecule has 7 heteroatoms. The van der Waals surface area contributed by atoms with E-state index in [2.05, 4.69) is 21.0 Å². The van der Waals surface area contributed by atoms with Crippen molar-refractivity contribution < 1.29 is 17.9 Å². The second-order valence-corrected chi connectivity index (χ2v) is 5.32. The molecule has 104 valence electrons. The average molecular weight is 329 g/mol. The highest BCUT2D eigenvalue weighted by molar-refractivity contribution is 9.10. The number of aromatic nitrogens is 2. The van der Waals surface area contributed by atoms with Crippen LogP contribution in [0.2, 0.25) is 0 Å². The van der Waals surface area contributed by atoms with Gasteiger partial charge < -0.3 is 4.74 Å². The van der Waals surface area contributed by atoms with Crippen LogP contribution in [0.5, 0.6) is 0 Å². The summed E-state index contributed by atoms with van der Waals surface area (Å²) in [7, 11) is 0. The summed E-state index contributed by atoms with van der Waals surface area (Å²) in [5.41, 5.74) is 0.623. The minimum absolute atomic E-state index is 0.174. The lowest BCUT2D eigenvalue weighted by Gasteiger charge is -2.06. The molecule has 0 spiro atoms. The number of halogens is 4. The van der Waals surface area contributed by atoms with Gasteiger partial charge in [0.25, 0.3) is 0 Å². The Kier molecular flexibility index (Phi) is 5.65. The third kappa shape index (κ3) is 5.86. The molecule has 0 aromatic carbocycles. The molecule has 1 aromatic rings. The van der Waals surface area contributed by atoms with E-state index in [-0.39, 0.29) is 6.54 Å². The molecule has 18 heavy (non-hydrogen) atoms. The molecule has 1 rings (SSSR count). The minimum Gasteiger partial charge on any atom is -0.375 e. The topological polar surface area (TPSA) is 27.1 Å². The van der Waals surface area contributed by atoms with Crippen LogP contribution in [0.3, 0.4) is 0 Å². The van der Waals surface area contributed by atoms with Gasteiger partial charge in [0.15, 0.2) is 0 Å². The van der Waals surface area contributed by atoms with Gasteiger partial charge in [-0.05, 0) is 21.8 Å². The van der Waals surface area contributed by atoms with Crippen molar-refractivity contribution in [1.29, 1.82) is 0 Å². The monoisotopic (exact) mass is 328 g/mol. The van der Waals surface area contributed by atoms with Gasteiger partial charge in [-0.2, -0.15) is 18.3 Å². The van der Waals surface area contributed by atoms with Gasteiger partial charge in [0.1, 0.15) is 5.69 Å². The first-order chi connectivity index (χ1) is 8.28. The highest BCUT2D eigenvalue weighted by atomic mass is 79.9. The summed E-state index contributed by atoms with van der Waals surface area (Å²) in [6.45, 7) is 4.78. The van der Waals surface area contributed by atoms with E-state index < -0.39 is 12.6 Å². The molecule has 0 aliphatic rings. The maximum atomic E-state index is 12.1. The van der Waals surface area contributed by atoms with Crippen LogP contribution in [-0.4, -0.2) is 22.6 Å². The van der Waals surface area contributed by atoms with Crippen LogP contribution >= 0.6 is 15.9 Å². The zero-order chi connectivity index (χ0) is 13.8. The Morgan fingerprint density at radius 1 is 1.44 bits per heavy atom. The van der Waals surface area contributed by atoms with Gasteiger partial charge in [-0.1, -0.05) is 13.8 Å². The lowest BCUT2D eigenvalue weighted by atomic mass is 10.2. The molecule has 0 amide bonds. The number of alkyl halides is 3. The fraction of sp³-hybridized carbons (Fsp3) is 0.727. The Morgan fingerprint density at radius 3 is 2.67 bits per heavy atom. The quantitative estimate of drug-likeness (QED) is 0.794. The van der Waals surface area contributed by atoms with Gasteiger partial charge in [0.2, 0.25) is 0 Å². The first-order valence-corrected chi connectivity index (χ1v) is 6.43. The second kappa shape index (κ2) is 6.56. The van der Waals surface area contributed by atoms with Crippen molar-refractivity contribution in [2.45, 2.75) is 39.6 Å². The molecule has 0 N–H and O–H groups in total. The Bertz CT molecular complexity index is 377. The minimum atomic E-state index is -4.16. The van der Waals surface area contributed by atoms with Crippen LogP contribution in [-0.2, 0) is 17.9 Å². The molecule has 0 saturated carbocycles. The van der Waals surface area contributed by atoms with Gasteiger partial charge in [0.05, 0.1) is 17.5 Å². The van der Waals surface area contributed by atoms with Gasteiger partial charge in [-0.25, -0.2) is 0 Å². The van der Waals surface area contributed by atoms with E-state index >= 15 is 0 Å². The summed E-state index contributed by atoms with van der Waals surface area (Å²) in [6, 6.07) is 0. The van der Waals surface area contributed by atoms with E-state index in [4.69, 9.17) is 4.74 Å². The molecular weight excluding hydrogens is 313 g/mol. The molecule has 0 radical (unpaired) electrons. The number of hydrogen-bond acceptors (Lipinski definition) is 2. The lowest BCUT2D eigenvalue weighted by molar-refractivity contribution is -0.137. The van der Waals surface area contributed by atoms with Crippen LogP contribution < -0.4 is 0 Å². The normalized spacial score (nSPS) is 12.4. The van der Waals surface area contributed by atoms with Crippen LogP contribution in [0.25, 0.3) is 0 Å². The van der Waals surface area contributed by atoms with Crippen molar-refractivity contribution in [3.8, 4) is 0 Å². The van der Waals surface area contributed by atoms with E-state index in [0.29, 0.717) is 29.3 Å². The molecule has 0 unspecified atom stereocenters. The number of nitrogens with zero attached hydrogens (tertiary/aromatic N) is 2. The third-order valence-corrected chi connectivity index (χ3v) is 2.76. The summed E-state index contributed by atoms with van der Waals surface area (Å²) < 4.78 is 43.5. The summed E-state index contributed by atoms with van der Waals surface area (Å²) >= 11 is 3.26. The predicted octanol–water partition coefficient (Wildman–Crippen LogP) is 3.77. The second-order valence-electron chi connectivity index (χ2n) is 4.46. The van der Waals surface area contributed by atoms with Crippen molar-refractivity contribution >= 4 is 15.9 Å². The van der Waals surface area contributed by atoms with Crippen LogP contribution in [0.15, 0.2) is 10.7 Å². The Labute approximate surface area is 112 Å². The molecule has 1 heterocycles. The summed E-state index contributed by atoms with van der Waals surface area (Å²) in [6.07, 6.45) is -3.50. The average Bonchev–Trinajstić information content (AvgIpc) is 2.55. The van der Waals surface area contributed by atoms with Crippen LogP contribution in [0.4, 0.5) is 13.2 Å². The number of rotatable bonds is 6. The first kappa shape index (κ1) is 15.5. The van der Waals surface area contributed by atoms with E-state index in [9.17, 15) is 13.2 Å². The fourth-order valence-electron chi connectivity index (χ4n) is 1.28. The molecule has 0 bridgehead atoms. The van der Waals surface area contributed by atoms with Gasteiger partial charge >= 0.3 is 6.18 Å². The maximum absolute atomic E-state index is 12.1. The van der Waals surface area contributed by atoms with Crippen molar-refractivity contribution in [3.05, 3.63) is 16.4 Å². The molecule has 0 atom stereocenters. The van der Waals surface area contributed by atoms with E-state index in [0.717, 1.165) is 0 Å². The Balaban J connectivity index is 2.48. The van der Waals surface area contributed by atoms with Crippen molar-refractivity contribution in [1.82, 2.24) is 9.78 Å². The number of hydrogen-bond donors (Lipinski definition) is 0. The maximum Gasteiger partial charge on any atom is 0.390 e. The fourth-order valence-corrected chi connectivity index (χ4v) is 1.71. The van der Waals surface area contributed by atoms with Gasteiger partial charge in [0, 0.05) is 19.3 Å². The molecule has 0 fully saturated rings. The number of aryl methyl sites for hydroxylation is 1. The Hall–Kier alpha value is -0.560. The molecule has 0 saturated heterocycles. The summed E-state index contributed by atoms with van der Waals surface area (Å²) in [4.78, 5) is 0. The molecule has 1 aromatic heterocycles. The zero-order valence-corrected chi connectivity index (χ0v) is 11.9. The largest absolute Gasteiger partial charge is 0.390 e. The predicted molar refractivity (Wildman–Crippen MR) is 65.1 cm³/mol. The summed E-state index contributed by atoms with van der Waals surface area (Å²) in [5.74, 6) is 0.413. The van der Waals surface area contributed by atoms with E-state index in [1.165, 1.54) is 4.68 Å². The smallest absolute Gasteiger partial charge is 0.375 e. The molecule has 0 aliphatic heterocycles. The van der Waals surface area contributed by atoms with E-state index in [1.54, 1.807) is 6.20 Å². The summed E-state index contributed by atoms with van der Waals surface area (Å²) in [5, 5.41) is 4.05. The lowest BCUT2D eigenvalue weighted by Crippen LogP contribution is -2.12. The van der Waals surface area contributed by atoms with Crippen LogP contribution in [0, 0.1) is 5.92 Å². The Morgan fingerprint density at radius 2 is 2.11 bits per heavy atom. The highest BCUT2D eigenvalue weighted by Gasteiger charge is 2.26. The van der Waals surface area contributed by atoms with Crippen LogP contribution in [0.1, 0.15) is 26.0 Å². The highest BCUT2D eigenvalue weighted by Crippen LogP contribution is 2.22. The first-order valence-electron chi connectivity index (χ1n) is 5.64. The zero-order valence-electron chi connectivity index (χ0n) is 10.3. The van der Waals surface area contributed by atoms with Crippen molar-refractivity contribution in [2.75, 3.05) is 6.61 Å². The standard InChI is InChI=1S/C11H16BrF3N2O/c1-8(2)6-18-7-10-9(12)5-17(16-10)4-3-11(13,14)15/h5,8H,3-4,6-7H2,1-2H3. The molecule has 3 nitrogen and oxygen atoms in total. The van der Waals surface area contributed by atoms with Crippen molar-refractivity contribution in [2.24, 2.45) is 5.92 Å². The van der Waals surface area contributed by atoms with E-state index in [1.807, 2.05) is 13.8 Å². The third-order valence-electron chi connectivity index (χ3n) is 2.10. The number of ether oxygens (including phenoxy) is 1. The molecule has 0 aliphatic carbocycles. The van der Waals surface area contributed by atoms with Gasteiger partial charge in [-0.3, -0.25) is 4.68 Å².